The van der Waals surface area contributed by atoms with Crippen LogP contribution >= 0.6 is 0 Å². The van der Waals surface area contributed by atoms with Crippen molar-refractivity contribution in [2.24, 2.45) is 5.41 Å². The largest absolute Gasteiger partial charge is 0.481 e. The van der Waals surface area contributed by atoms with Gasteiger partial charge >= 0.3 is 23.9 Å². The molecule has 134 valence electrons. The molecule has 0 radical (unpaired) electrons. The first-order valence-electron chi connectivity index (χ1n) is 7.15. The van der Waals surface area contributed by atoms with Gasteiger partial charge in [-0.15, -0.1) is 0 Å². The van der Waals surface area contributed by atoms with Gasteiger partial charge in [-0.1, -0.05) is 0 Å². The lowest BCUT2D eigenvalue weighted by Gasteiger charge is -2.17. The number of carbonyl (C=O) groups excluding carboxylic acids is 2. The van der Waals surface area contributed by atoms with Gasteiger partial charge in [-0.25, -0.2) is 0 Å². The van der Waals surface area contributed by atoms with Gasteiger partial charge in [0, 0.05) is 19.3 Å². The Hall–Kier alpha value is -2.12. The second-order valence-corrected chi connectivity index (χ2v) is 5.44. The number of hydrogen-bond acceptors (Lipinski definition) is 6. The van der Waals surface area contributed by atoms with E-state index in [-0.39, 0.29) is 31.2 Å². The third-order valence-corrected chi connectivity index (χ3v) is 2.99. The number of ether oxygens (including phenoxy) is 2. The van der Waals surface area contributed by atoms with E-state index in [1.54, 1.807) is 13.8 Å². The molecule has 0 spiro atoms. The Kier molecular flexibility index (Phi) is 12.5. The molecule has 0 amide bonds. The third kappa shape index (κ3) is 14.6. The SMILES string of the molecule is CC(C)(CCCC(=O)O)C(=O)O.COC(=O)CCCC(=O)OC. The Morgan fingerprint density at radius 2 is 1.26 bits per heavy atom. The van der Waals surface area contributed by atoms with E-state index in [1.165, 1.54) is 14.2 Å². The maximum Gasteiger partial charge on any atom is 0.309 e. The van der Waals surface area contributed by atoms with E-state index >= 15 is 0 Å². The summed E-state index contributed by atoms with van der Waals surface area (Å²) in [5.41, 5.74) is -0.810. The van der Waals surface area contributed by atoms with Gasteiger partial charge in [0.05, 0.1) is 19.6 Å². The van der Waals surface area contributed by atoms with E-state index < -0.39 is 17.4 Å². The molecular weight excluding hydrogens is 308 g/mol. The summed E-state index contributed by atoms with van der Waals surface area (Å²) in [5.74, 6) is -2.35. The summed E-state index contributed by atoms with van der Waals surface area (Å²) in [6.45, 7) is 3.19. The number of carboxylic acids is 2. The molecular formula is C15H26O8. The monoisotopic (exact) mass is 334 g/mol. The second kappa shape index (κ2) is 12.4. The Morgan fingerprint density at radius 1 is 0.826 bits per heavy atom. The predicted molar refractivity (Wildman–Crippen MR) is 80.8 cm³/mol. The first kappa shape index (κ1) is 23.2. The van der Waals surface area contributed by atoms with Crippen LogP contribution in [0.25, 0.3) is 0 Å². The normalized spacial score (nSPS) is 10.1. The number of carbonyl (C=O) groups is 4. The Balaban J connectivity index is 0. The number of methoxy groups -OCH3 is 2. The molecule has 0 saturated heterocycles. The average molecular weight is 334 g/mol. The van der Waals surface area contributed by atoms with E-state index in [2.05, 4.69) is 9.47 Å². The molecule has 0 saturated carbocycles. The number of carboxylic acid groups (broad SMARTS) is 2. The molecule has 0 aliphatic rings. The van der Waals surface area contributed by atoms with Crippen LogP contribution < -0.4 is 0 Å². The van der Waals surface area contributed by atoms with Crippen LogP contribution in [0.5, 0.6) is 0 Å². The fraction of sp³-hybridized carbons (Fsp3) is 0.733. The molecule has 0 aliphatic carbocycles. The molecule has 0 rings (SSSR count). The molecule has 0 aromatic heterocycles. The summed E-state index contributed by atoms with van der Waals surface area (Å²) in [4.78, 5) is 41.7. The zero-order valence-electron chi connectivity index (χ0n) is 14.1. The molecule has 0 heterocycles. The van der Waals surface area contributed by atoms with Crippen molar-refractivity contribution < 1.29 is 38.9 Å². The zero-order valence-corrected chi connectivity index (χ0v) is 14.1. The average Bonchev–Trinajstić information content (AvgIpc) is 2.46. The molecule has 8 heteroatoms. The van der Waals surface area contributed by atoms with Gasteiger partial charge in [0.2, 0.25) is 0 Å². The summed E-state index contributed by atoms with van der Waals surface area (Å²) < 4.78 is 8.75. The van der Waals surface area contributed by atoms with Gasteiger partial charge in [-0.2, -0.15) is 0 Å². The van der Waals surface area contributed by atoms with E-state index in [1.807, 2.05) is 0 Å². The van der Waals surface area contributed by atoms with E-state index in [9.17, 15) is 19.2 Å². The van der Waals surface area contributed by atoms with Crippen LogP contribution in [0, 0.1) is 5.41 Å². The van der Waals surface area contributed by atoms with Crippen LogP contribution in [0.3, 0.4) is 0 Å². The summed E-state index contributed by atoms with van der Waals surface area (Å²) in [7, 11) is 2.64. The maximum atomic E-state index is 10.5. The van der Waals surface area contributed by atoms with Crippen LogP contribution in [0.4, 0.5) is 0 Å². The zero-order chi connectivity index (χ0) is 18.5. The maximum absolute atomic E-state index is 10.5. The number of aliphatic carboxylic acids is 2. The van der Waals surface area contributed by atoms with Gasteiger partial charge in [0.15, 0.2) is 0 Å². The first-order valence-corrected chi connectivity index (χ1v) is 7.15. The van der Waals surface area contributed by atoms with Crippen molar-refractivity contribution in [3.8, 4) is 0 Å². The lowest BCUT2D eigenvalue weighted by Crippen LogP contribution is -2.23. The van der Waals surface area contributed by atoms with Crippen LogP contribution in [-0.4, -0.2) is 48.3 Å². The molecule has 0 aromatic rings. The van der Waals surface area contributed by atoms with Crippen LogP contribution in [-0.2, 0) is 28.7 Å². The van der Waals surface area contributed by atoms with Gasteiger partial charge in [-0.3, -0.25) is 19.2 Å². The highest BCUT2D eigenvalue weighted by Crippen LogP contribution is 2.23. The molecule has 0 aromatic carbocycles. The number of esters is 2. The third-order valence-electron chi connectivity index (χ3n) is 2.99. The Labute approximate surface area is 135 Å². The minimum atomic E-state index is -0.882. The standard InChI is InChI=1S/C8H14O4.C7H12O4/c1-8(2,7(11)12)5-3-4-6(9)10;1-10-6(8)4-3-5-7(9)11-2/h3-5H2,1-2H3,(H,9,10)(H,11,12);3-5H2,1-2H3. The Morgan fingerprint density at radius 3 is 1.57 bits per heavy atom. The quantitative estimate of drug-likeness (QED) is 0.612. The van der Waals surface area contributed by atoms with Gasteiger partial charge in [0.1, 0.15) is 0 Å². The molecule has 2 N–H and O–H groups in total. The molecule has 0 aliphatic heterocycles. The Bertz CT molecular complexity index is 384. The first-order chi connectivity index (χ1) is 10.6. The lowest BCUT2D eigenvalue weighted by molar-refractivity contribution is -0.148. The van der Waals surface area contributed by atoms with Crippen molar-refractivity contribution in [2.45, 2.75) is 52.4 Å². The van der Waals surface area contributed by atoms with Crippen molar-refractivity contribution in [3.05, 3.63) is 0 Å². The van der Waals surface area contributed by atoms with E-state index in [4.69, 9.17) is 10.2 Å². The second-order valence-electron chi connectivity index (χ2n) is 5.44. The smallest absolute Gasteiger partial charge is 0.309 e. The fourth-order valence-electron chi connectivity index (χ4n) is 1.37. The molecule has 0 atom stereocenters. The minimum absolute atomic E-state index is 0.0384. The van der Waals surface area contributed by atoms with Gasteiger partial charge in [0.25, 0.3) is 0 Å². The summed E-state index contributed by atoms with van der Waals surface area (Å²) in [5, 5.41) is 17.0. The summed E-state index contributed by atoms with van der Waals surface area (Å²) in [6, 6.07) is 0. The van der Waals surface area contributed by atoms with E-state index in [0.717, 1.165) is 0 Å². The summed E-state index contributed by atoms with van der Waals surface area (Å²) in [6.07, 6.45) is 1.87. The van der Waals surface area contributed by atoms with Gasteiger partial charge < -0.3 is 19.7 Å². The van der Waals surface area contributed by atoms with Crippen molar-refractivity contribution in [1.82, 2.24) is 0 Å². The highest BCUT2D eigenvalue weighted by molar-refractivity contribution is 5.73. The lowest BCUT2D eigenvalue weighted by atomic mass is 9.87. The highest BCUT2D eigenvalue weighted by atomic mass is 16.5. The van der Waals surface area contributed by atoms with Crippen molar-refractivity contribution >= 4 is 23.9 Å². The van der Waals surface area contributed by atoms with Crippen molar-refractivity contribution in [1.29, 1.82) is 0 Å². The highest BCUT2D eigenvalue weighted by Gasteiger charge is 2.26. The predicted octanol–water partition coefficient (Wildman–Crippen LogP) is 1.85. The minimum Gasteiger partial charge on any atom is -0.481 e. The van der Waals surface area contributed by atoms with Crippen LogP contribution in [0.2, 0.25) is 0 Å². The van der Waals surface area contributed by atoms with Crippen LogP contribution in [0.15, 0.2) is 0 Å². The number of hydrogen-bond donors (Lipinski definition) is 2. The van der Waals surface area contributed by atoms with Gasteiger partial charge in [-0.05, 0) is 33.1 Å². The molecule has 0 bridgehead atoms. The topological polar surface area (TPSA) is 127 Å². The van der Waals surface area contributed by atoms with Crippen molar-refractivity contribution in [3.63, 3.8) is 0 Å². The molecule has 0 unspecified atom stereocenters. The summed E-state index contributed by atoms with van der Waals surface area (Å²) >= 11 is 0. The van der Waals surface area contributed by atoms with Crippen molar-refractivity contribution in [2.75, 3.05) is 14.2 Å². The van der Waals surface area contributed by atoms with E-state index in [0.29, 0.717) is 19.3 Å². The molecule has 23 heavy (non-hydrogen) atoms. The van der Waals surface area contributed by atoms with Crippen LogP contribution in [0.1, 0.15) is 52.4 Å². The fourth-order valence-corrected chi connectivity index (χ4v) is 1.37. The molecule has 8 nitrogen and oxygen atoms in total. The number of rotatable bonds is 9. The molecule has 0 fully saturated rings.